The van der Waals surface area contributed by atoms with Crippen LogP contribution in [0.5, 0.6) is 0 Å². The standard InChI is InChI=1S/C13H17NO3S2/c15-8-2-1-3-12-4-5-13(18-12)11-14-6-9-19(16,17)10-7-14/h4-5,15H,2,6-11H2. The van der Waals surface area contributed by atoms with E-state index in [0.717, 1.165) is 11.4 Å². The molecule has 2 heterocycles. The highest BCUT2D eigenvalue weighted by molar-refractivity contribution is 7.91. The van der Waals surface area contributed by atoms with Gasteiger partial charge in [-0.25, -0.2) is 8.42 Å². The van der Waals surface area contributed by atoms with Crippen molar-refractivity contribution >= 4 is 21.2 Å². The van der Waals surface area contributed by atoms with E-state index in [9.17, 15) is 8.42 Å². The molecule has 0 spiro atoms. The fourth-order valence-corrected chi connectivity index (χ4v) is 4.07. The zero-order valence-corrected chi connectivity index (χ0v) is 12.3. The van der Waals surface area contributed by atoms with Crippen molar-refractivity contribution in [2.45, 2.75) is 13.0 Å². The van der Waals surface area contributed by atoms with Crippen LogP contribution in [0.1, 0.15) is 16.2 Å². The summed E-state index contributed by atoms with van der Waals surface area (Å²) in [6, 6.07) is 4.02. The highest BCUT2D eigenvalue weighted by Gasteiger charge is 2.21. The summed E-state index contributed by atoms with van der Waals surface area (Å²) in [7, 11) is -2.80. The number of hydrogen-bond acceptors (Lipinski definition) is 5. The zero-order chi connectivity index (χ0) is 13.7. The smallest absolute Gasteiger partial charge is 0.152 e. The molecular weight excluding hydrogens is 282 g/mol. The Morgan fingerprint density at radius 3 is 2.74 bits per heavy atom. The summed E-state index contributed by atoms with van der Waals surface area (Å²) in [6.07, 6.45) is 0.497. The van der Waals surface area contributed by atoms with Crippen LogP contribution in [-0.4, -0.2) is 49.6 Å². The summed E-state index contributed by atoms with van der Waals surface area (Å²) in [5, 5.41) is 8.65. The molecule has 0 saturated carbocycles. The molecule has 1 N–H and O–H groups in total. The van der Waals surface area contributed by atoms with E-state index in [0.29, 0.717) is 19.5 Å². The lowest BCUT2D eigenvalue weighted by atomic mass is 10.3. The molecule has 19 heavy (non-hydrogen) atoms. The van der Waals surface area contributed by atoms with Gasteiger partial charge in [0.05, 0.1) is 23.0 Å². The number of rotatable bonds is 3. The van der Waals surface area contributed by atoms with E-state index in [1.807, 2.05) is 12.1 Å². The summed E-state index contributed by atoms with van der Waals surface area (Å²) in [5.41, 5.74) is 0. The Morgan fingerprint density at radius 1 is 1.32 bits per heavy atom. The van der Waals surface area contributed by atoms with Crippen LogP contribution in [-0.2, 0) is 16.4 Å². The van der Waals surface area contributed by atoms with Crippen molar-refractivity contribution in [1.82, 2.24) is 4.90 Å². The first-order valence-electron chi connectivity index (χ1n) is 6.20. The summed E-state index contributed by atoms with van der Waals surface area (Å²) in [6.45, 7) is 2.12. The van der Waals surface area contributed by atoms with Gasteiger partial charge in [0.2, 0.25) is 0 Å². The van der Waals surface area contributed by atoms with Crippen LogP contribution in [0.15, 0.2) is 12.1 Å². The number of aliphatic hydroxyl groups excluding tert-OH is 1. The normalized spacial score (nSPS) is 18.8. The summed E-state index contributed by atoms with van der Waals surface area (Å²) in [5.74, 6) is 6.44. The summed E-state index contributed by atoms with van der Waals surface area (Å²) in [4.78, 5) is 4.36. The van der Waals surface area contributed by atoms with E-state index >= 15 is 0 Å². The first kappa shape index (κ1) is 14.5. The van der Waals surface area contributed by atoms with Crippen molar-refractivity contribution in [3.63, 3.8) is 0 Å². The molecule has 1 aliphatic rings. The van der Waals surface area contributed by atoms with E-state index in [1.165, 1.54) is 4.88 Å². The Balaban J connectivity index is 1.89. The van der Waals surface area contributed by atoms with E-state index in [2.05, 4.69) is 16.7 Å². The molecule has 1 aromatic rings. The molecule has 2 rings (SSSR count). The molecule has 0 unspecified atom stereocenters. The third-order valence-corrected chi connectivity index (χ3v) is 5.52. The molecule has 4 nitrogen and oxygen atoms in total. The van der Waals surface area contributed by atoms with Crippen molar-refractivity contribution in [3.8, 4) is 11.8 Å². The lowest BCUT2D eigenvalue weighted by molar-refractivity contribution is 0.290. The van der Waals surface area contributed by atoms with Gasteiger partial charge in [0.25, 0.3) is 0 Å². The van der Waals surface area contributed by atoms with Gasteiger partial charge in [0, 0.05) is 30.9 Å². The molecule has 104 valence electrons. The van der Waals surface area contributed by atoms with E-state index < -0.39 is 9.84 Å². The number of nitrogens with zero attached hydrogens (tertiary/aromatic N) is 1. The Morgan fingerprint density at radius 2 is 2.05 bits per heavy atom. The largest absolute Gasteiger partial charge is 0.395 e. The minimum Gasteiger partial charge on any atom is -0.395 e. The monoisotopic (exact) mass is 299 g/mol. The molecule has 0 aliphatic carbocycles. The minimum atomic E-state index is -2.80. The molecule has 0 bridgehead atoms. The molecular formula is C13H17NO3S2. The van der Waals surface area contributed by atoms with E-state index in [4.69, 9.17) is 5.11 Å². The SMILES string of the molecule is O=S1(=O)CCN(Cc2ccc(C#CCCO)s2)CC1. The first-order chi connectivity index (χ1) is 9.09. The van der Waals surface area contributed by atoms with Gasteiger partial charge in [-0.1, -0.05) is 11.8 Å². The molecule has 1 aliphatic heterocycles. The number of hydrogen-bond donors (Lipinski definition) is 1. The van der Waals surface area contributed by atoms with Gasteiger partial charge in [-0.15, -0.1) is 11.3 Å². The van der Waals surface area contributed by atoms with Gasteiger partial charge in [-0.05, 0) is 12.1 Å². The van der Waals surface area contributed by atoms with Gasteiger partial charge < -0.3 is 5.11 Å². The average Bonchev–Trinajstić information content (AvgIpc) is 2.80. The Kier molecular flexibility index (Phi) is 4.99. The van der Waals surface area contributed by atoms with Gasteiger partial charge in [-0.3, -0.25) is 4.90 Å². The second kappa shape index (κ2) is 6.53. The maximum absolute atomic E-state index is 11.3. The number of aliphatic hydroxyl groups is 1. The summed E-state index contributed by atoms with van der Waals surface area (Å²) < 4.78 is 22.7. The molecule has 0 atom stereocenters. The molecule has 1 fully saturated rings. The fraction of sp³-hybridized carbons (Fsp3) is 0.538. The first-order valence-corrected chi connectivity index (χ1v) is 8.84. The maximum Gasteiger partial charge on any atom is 0.152 e. The fourth-order valence-electron chi connectivity index (χ4n) is 1.86. The van der Waals surface area contributed by atoms with Crippen LogP contribution in [0.2, 0.25) is 0 Å². The topological polar surface area (TPSA) is 57.6 Å². The Hall–Kier alpha value is -0.870. The van der Waals surface area contributed by atoms with Crippen LogP contribution in [0.4, 0.5) is 0 Å². The predicted octanol–water partition coefficient (Wildman–Crippen LogP) is 0.712. The third-order valence-electron chi connectivity index (χ3n) is 2.93. The maximum atomic E-state index is 11.3. The van der Waals surface area contributed by atoms with Gasteiger partial charge in [-0.2, -0.15) is 0 Å². The molecule has 1 saturated heterocycles. The lowest BCUT2D eigenvalue weighted by Crippen LogP contribution is -2.39. The number of thiophene rings is 1. The highest BCUT2D eigenvalue weighted by Crippen LogP contribution is 2.18. The van der Waals surface area contributed by atoms with Crippen LogP contribution in [0.25, 0.3) is 0 Å². The third kappa shape index (κ3) is 4.62. The number of sulfone groups is 1. The van der Waals surface area contributed by atoms with Gasteiger partial charge in [0.1, 0.15) is 0 Å². The van der Waals surface area contributed by atoms with Gasteiger partial charge >= 0.3 is 0 Å². The molecule has 0 amide bonds. The van der Waals surface area contributed by atoms with E-state index in [-0.39, 0.29) is 18.1 Å². The summed E-state index contributed by atoms with van der Waals surface area (Å²) >= 11 is 1.63. The second-order valence-electron chi connectivity index (χ2n) is 4.47. The van der Waals surface area contributed by atoms with Crippen molar-refractivity contribution in [2.24, 2.45) is 0 Å². The average molecular weight is 299 g/mol. The Bertz CT molecular complexity index is 567. The minimum absolute atomic E-state index is 0.0908. The molecule has 0 aromatic carbocycles. The Labute approximate surface area is 118 Å². The van der Waals surface area contributed by atoms with Crippen molar-refractivity contribution in [1.29, 1.82) is 0 Å². The van der Waals surface area contributed by atoms with Crippen LogP contribution < -0.4 is 0 Å². The molecule has 0 radical (unpaired) electrons. The lowest BCUT2D eigenvalue weighted by Gasteiger charge is -2.25. The predicted molar refractivity (Wildman–Crippen MR) is 76.8 cm³/mol. The molecule has 1 aromatic heterocycles. The van der Waals surface area contributed by atoms with Crippen molar-refractivity contribution in [3.05, 3.63) is 21.9 Å². The zero-order valence-electron chi connectivity index (χ0n) is 10.6. The quantitative estimate of drug-likeness (QED) is 0.835. The van der Waals surface area contributed by atoms with Crippen LogP contribution in [0, 0.1) is 11.8 Å². The van der Waals surface area contributed by atoms with Crippen molar-refractivity contribution < 1.29 is 13.5 Å². The van der Waals surface area contributed by atoms with Crippen LogP contribution in [0.3, 0.4) is 0 Å². The van der Waals surface area contributed by atoms with Gasteiger partial charge in [0.15, 0.2) is 9.84 Å². The van der Waals surface area contributed by atoms with Crippen LogP contribution >= 0.6 is 11.3 Å². The molecule has 6 heteroatoms. The second-order valence-corrected chi connectivity index (χ2v) is 7.94. The van der Waals surface area contributed by atoms with Crippen molar-refractivity contribution in [2.75, 3.05) is 31.2 Å². The highest BCUT2D eigenvalue weighted by atomic mass is 32.2. The van der Waals surface area contributed by atoms with E-state index in [1.54, 1.807) is 11.3 Å².